The zero-order valence-corrected chi connectivity index (χ0v) is 19.3. The number of piperidine rings is 2. The van der Waals surface area contributed by atoms with Crippen LogP contribution in [0, 0.1) is 0 Å². The van der Waals surface area contributed by atoms with Gasteiger partial charge in [-0.05, 0) is 58.1 Å². The number of carbonyl (C=O) groups is 2. The standard InChI is InChI=1S/C24H34N4O4/c1-16-7-6-8-17(2)27(16)14-12-25-23(30)21-9-4-5-13-28(21)24-26-20-11-10-19(31-18(3)29)15-22(20)32-24/h10-11,15-17,21H,4-9,12-14H2,1-3H3,(H,25,30)/t16?,17?,21-/m0/s1. The van der Waals surface area contributed by atoms with Crippen LogP contribution in [-0.4, -0.2) is 59.5 Å². The Morgan fingerprint density at radius 3 is 2.69 bits per heavy atom. The molecule has 1 N–H and O–H groups in total. The number of fused-ring (bicyclic) bond motifs is 1. The van der Waals surface area contributed by atoms with Crippen LogP contribution in [-0.2, 0) is 9.59 Å². The van der Waals surface area contributed by atoms with Gasteiger partial charge < -0.3 is 19.4 Å². The third-order valence-electron chi connectivity index (χ3n) is 6.71. The minimum atomic E-state index is -0.384. The van der Waals surface area contributed by atoms with E-state index in [1.807, 2.05) is 4.90 Å². The third kappa shape index (κ3) is 5.06. The van der Waals surface area contributed by atoms with Crippen molar-refractivity contribution in [3.63, 3.8) is 0 Å². The van der Waals surface area contributed by atoms with Gasteiger partial charge in [0.05, 0.1) is 0 Å². The molecule has 3 heterocycles. The molecule has 2 saturated heterocycles. The number of carbonyl (C=O) groups excluding carboxylic acids is 2. The van der Waals surface area contributed by atoms with E-state index in [1.54, 1.807) is 18.2 Å². The number of hydrogen-bond donors (Lipinski definition) is 1. The second kappa shape index (κ2) is 9.90. The van der Waals surface area contributed by atoms with E-state index in [1.165, 1.54) is 26.2 Å². The molecule has 0 saturated carbocycles. The molecule has 0 aliphatic carbocycles. The van der Waals surface area contributed by atoms with E-state index < -0.39 is 0 Å². The zero-order chi connectivity index (χ0) is 22.7. The molecule has 4 rings (SSSR count). The van der Waals surface area contributed by atoms with Crippen molar-refractivity contribution in [2.75, 3.05) is 24.5 Å². The van der Waals surface area contributed by atoms with Crippen LogP contribution in [0.1, 0.15) is 59.3 Å². The lowest BCUT2D eigenvalue weighted by molar-refractivity contribution is -0.131. The molecule has 2 aliphatic rings. The molecule has 1 amide bonds. The van der Waals surface area contributed by atoms with Crippen LogP contribution >= 0.6 is 0 Å². The number of oxazole rings is 1. The van der Waals surface area contributed by atoms with Crippen LogP contribution in [0.4, 0.5) is 6.01 Å². The number of rotatable bonds is 6. The van der Waals surface area contributed by atoms with E-state index in [4.69, 9.17) is 9.15 Å². The highest BCUT2D eigenvalue weighted by Crippen LogP contribution is 2.30. The first-order valence-electron chi connectivity index (χ1n) is 11.8. The van der Waals surface area contributed by atoms with Crippen molar-refractivity contribution in [3.8, 4) is 5.75 Å². The Morgan fingerprint density at radius 2 is 1.94 bits per heavy atom. The number of benzene rings is 1. The van der Waals surface area contributed by atoms with Crippen LogP contribution in [0.3, 0.4) is 0 Å². The zero-order valence-electron chi connectivity index (χ0n) is 19.3. The number of anilines is 1. The number of ether oxygens (including phenoxy) is 1. The molecule has 2 aromatic rings. The molecular weight excluding hydrogens is 408 g/mol. The number of aromatic nitrogens is 1. The number of hydrogen-bond acceptors (Lipinski definition) is 7. The first-order chi connectivity index (χ1) is 15.4. The SMILES string of the molecule is CC(=O)Oc1ccc2nc(N3CCCC[C@H]3C(=O)NCCN3C(C)CCCC3C)oc2c1. The average molecular weight is 443 g/mol. The van der Waals surface area contributed by atoms with Crippen molar-refractivity contribution in [3.05, 3.63) is 18.2 Å². The van der Waals surface area contributed by atoms with Crippen LogP contribution in [0.2, 0.25) is 0 Å². The minimum absolute atomic E-state index is 0.0323. The van der Waals surface area contributed by atoms with Gasteiger partial charge in [-0.3, -0.25) is 14.5 Å². The summed E-state index contributed by atoms with van der Waals surface area (Å²) in [7, 11) is 0. The molecular formula is C24H34N4O4. The van der Waals surface area contributed by atoms with Gasteiger partial charge in [-0.2, -0.15) is 4.98 Å². The van der Waals surface area contributed by atoms with E-state index in [9.17, 15) is 9.59 Å². The van der Waals surface area contributed by atoms with Gasteiger partial charge in [0, 0.05) is 44.7 Å². The van der Waals surface area contributed by atoms with Crippen LogP contribution < -0.4 is 15.0 Å². The molecule has 3 atom stereocenters. The molecule has 174 valence electrons. The van der Waals surface area contributed by atoms with E-state index in [0.29, 0.717) is 41.5 Å². The van der Waals surface area contributed by atoms with Gasteiger partial charge in [0.25, 0.3) is 6.01 Å². The normalized spacial score (nSPS) is 24.5. The molecule has 8 heteroatoms. The fraction of sp³-hybridized carbons (Fsp3) is 0.625. The molecule has 2 aliphatic heterocycles. The van der Waals surface area contributed by atoms with Crippen LogP contribution in [0.5, 0.6) is 5.75 Å². The minimum Gasteiger partial charge on any atom is -0.427 e. The Kier molecular flexibility index (Phi) is 6.98. The van der Waals surface area contributed by atoms with Gasteiger partial charge >= 0.3 is 5.97 Å². The summed E-state index contributed by atoms with van der Waals surface area (Å²) < 4.78 is 11.1. The fourth-order valence-electron chi connectivity index (χ4n) is 5.02. The van der Waals surface area contributed by atoms with Gasteiger partial charge in [-0.1, -0.05) is 6.42 Å². The first kappa shape index (κ1) is 22.6. The summed E-state index contributed by atoms with van der Waals surface area (Å²) in [6.45, 7) is 8.17. The first-order valence-corrected chi connectivity index (χ1v) is 11.8. The topological polar surface area (TPSA) is 87.9 Å². The summed E-state index contributed by atoms with van der Waals surface area (Å²) in [5.74, 6) is 0.0666. The van der Waals surface area contributed by atoms with E-state index in [2.05, 4.69) is 29.0 Å². The smallest absolute Gasteiger partial charge is 0.308 e. The Balaban J connectivity index is 1.42. The lowest BCUT2D eigenvalue weighted by Crippen LogP contribution is -2.52. The van der Waals surface area contributed by atoms with E-state index in [0.717, 1.165) is 32.4 Å². The number of likely N-dealkylation sites (tertiary alicyclic amines) is 1. The van der Waals surface area contributed by atoms with Crippen molar-refractivity contribution < 1.29 is 18.7 Å². The molecule has 0 spiro atoms. The average Bonchev–Trinajstić information content (AvgIpc) is 3.18. The predicted octanol–water partition coefficient (Wildman–Crippen LogP) is 3.49. The maximum atomic E-state index is 13.1. The third-order valence-corrected chi connectivity index (χ3v) is 6.71. The summed E-state index contributed by atoms with van der Waals surface area (Å²) >= 11 is 0. The molecule has 0 radical (unpaired) electrons. The monoisotopic (exact) mass is 442 g/mol. The second-order valence-electron chi connectivity index (χ2n) is 9.08. The number of nitrogens with one attached hydrogen (secondary N) is 1. The quantitative estimate of drug-likeness (QED) is 0.541. The highest BCUT2D eigenvalue weighted by Gasteiger charge is 2.32. The summed E-state index contributed by atoms with van der Waals surface area (Å²) in [6.07, 6.45) is 6.52. The number of nitrogens with zero attached hydrogens (tertiary/aromatic N) is 3. The van der Waals surface area contributed by atoms with Crippen molar-refractivity contribution in [2.24, 2.45) is 0 Å². The molecule has 32 heavy (non-hydrogen) atoms. The Hall–Kier alpha value is -2.61. The highest BCUT2D eigenvalue weighted by atomic mass is 16.5. The van der Waals surface area contributed by atoms with Crippen LogP contribution in [0.15, 0.2) is 22.6 Å². The molecule has 2 unspecified atom stereocenters. The van der Waals surface area contributed by atoms with Crippen molar-refractivity contribution in [1.82, 2.24) is 15.2 Å². The van der Waals surface area contributed by atoms with Crippen molar-refractivity contribution >= 4 is 29.0 Å². The Labute approximate surface area is 189 Å². The Morgan fingerprint density at radius 1 is 1.16 bits per heavy atom. The molecule has 0 bridgehead atoms. The maximum Gasteiger partial charge on any atom is 0.308 e. The van der Waals surface area contributed by atoms with Crippen molar-refractivity contribution in [1.29, 1.82) is 0 Å². The second-order valence-corrected chi connectivity index (χ2v) is 9.08. The van der Waals surface area contributed by atoms with Gasteiger partial charge in [0.1, 0.15) is 17.3 Å². The highest BCUT2D eigenvalue weighted by molar-refractivity contribution is 5.85. The molecule has 1 aromatic heterocycles. The summed E-state index contributed by atoms with van der Waals surface area (Å²) in [6, 6.07) is 6.41. The largest absolute Gasteiger partial charge is 0.427 e. The fourth-order valence-corrected chi connectivity index (χ4v) is 5.02. The van der Waals surface area contributed by atoms with E-state index in [-0.39, 0.29) is 17.9 Å². The summed E-state index contributed by atoms with van der Waals surface area (Å²) in [5.41, 5.74) is 1.21. The maximum absolute atomic E-state index is 13.1. The van der Waals surface area contributed by atoms with Gasteiger partial charge in [0.2, 0.25) is 5.91 Å². The van der Waals surface area contributed by atoms with Crippen LogP contribution in [0.25, 0.3) is 11.1 Å². The van der Waals surface area contributed by atoms with Gasteiger partial charge in [-0.25, -0.2) is 0 Å². The van der Waals surface area contributed by atoms with Gasteiger partial charge in [-0.15, -0.1) is 0 Å². The molecule has 2 fully saturated rings. The van der Waals surface area contributed by atoms with E-state index >= 15 is 0 Å². The number of amides is 1. The predicted molar refractivity (Wildman–Crippen MR) is 123 cm³/mol. The lowest BCUT2D eigenvalue weighted by atomic mass is 9.97. The lowest BCUT2D eigenvalue weighted by Gasteiger charge is -2.39. The Bertz CT molecular complexity index is 949. The number of esters is 1. The molecule has 1 aromatic carbocycles. The van der Waals surface area contributed by atoms with Crippen molar-refractivity contribution in [2.45, 2.75) is 77.4 Å². The summed E-state index contributed by atoms with van der Waals surface area (Å²) in [4.78, 5) is 33.4. The summed E-state index contributed by atoms with van der Waals surface area (Å²) in [5, 5.41) is 3.16. The molecule has 8 nitrogen and oxygen atoms in total. The van der Waals surface area contributed by atoms with Gasteiger partial charge in [0.15, 0.2) is 5.58 Å².